The molecule has 5 heteroatoms. The van der Waals surface area contributed by atoms with E-state index in [1.54, 1.807) is 14.0 Å². The van der Waals surface area contributed by atoms with Crippen molar-refractivity contribution in [3.63, 3.8) is 0 Å². The molecule has 0 bridgehead atoms. The lowest BCUT2D eigenvalue weighted by Gasteiger charge is -2.08. The van der Waals surface area contributed by atoms with Crippen LogP contribution in [0.4, 0.5) is 5.82 Å². The minimum atomic E-state index is 0.391. The number of aryl methyl sites for hydroxylation is 2. The van der Waals surface area contributed by atoms with Crippen molar-refractivity contribution >= 4 is 5.82 Å². The predicted octanol–water partition coefficient (Wildman–Crippen LogP) is 1.75. The summed E-state index contributed by atoms with van der Waals surface area (Å²) in [5.41, 5.74) is 8.34. The highest BCUT2D eigenvalue weighted by Gasteiger charge is 2.09. The fourth-order valence-electron chi connectivity index (χ4n) is 1.65. The SMILES string of the molecule is COc1ccc(-c2nnc(C)nc2N)cc1C. The van der Waals surface area contributed by atoms with E-state index in [1.165, 1.54) is 0 Å². The van der Waals surface area contributed by atoms with Gasteiger partial charge in [0.2, 0.25) is 0 Å². The molecule has 0 aliphatic rings. The van der Waals surface area contributed by atoms with E-state index >= 15 is 0 Å². The topological polar surface area (TPSA) is 73.9 Å². The molecule has 88 valence electrons. The summed E-state index contributed by atoms with van der Waals surface area (Å²) in [6.07, 6.45) is 0. The number of anilines is 1. The van der Waals surface area contributed by atoms with Gasteiger partial charge < -0.3 is 10.5 Å². The molecule has 0 aliphatic carbocycles. The molecule has 1 aromatic carbocycles. The highest BCUT2D eigenvalue weighted by Crippen LogP contribution is 2.26. The molecule has 2 aromatic rings. The summed E-state index contributed by atoms with van der Waals surface area (Å²) in [4.78, 5) is 4.10. The van der Waals surface area contributed by atoms with Crippen LogP contribution in [-0.4, -0.2) is 22.3 Å². The second kappa shape index (κ2) is 4.37. The average Bonchev–Trinajstić information content (AvgIpc) is 2.29. The van der Waals surface area contributed by atoms with E-state index in [0.717, 1.165) is 16.9 Å². The predicted molar refractivity (Wildman–Crippen MR) is 65.7 cm³/mol. The van der Waals surface area contributed by atoms with E-state index in [1.807, 2.05) is 25.1 Å². The summed E-state index contributed by atoms with van der Waals surface area (Å²) in [5.74, 6) is 1.79. The van der Waals surface area contributed by atoms with Crippen molar-refractivity contribution in [2.45, 2.75) is 13.8 Å². The number of nitrogens with zero attached hydrogens (tertiary/aromatic N) is 3. The van der Waals surface area contributed by atoms with Gasteiger partial charge in [0.1, 0.15) is 17.3 Å². The van der Waals surface area contributed by atoms with Crippen LogP contribution in [0.15, 0.2) is 18.2 Å². The molecule has 0 amide bonds. The van der Waals surface area contributed by atoms with Crippen molar-refractivity contribution in [2.24, 2.45) is 0 Å². The van der Waals surface area contributed by atoms with Crippen molar-refractivity contribution in [1.82, 2.24) is 15.2 Å². The van der Waals surface area contributed by atoms with Crippen LogP contribution in [-0.2, 0) is 0 Å². The molecular formula is C12H14N4O. The highest BCUT2D eigenvalue weighted by molar-refractivity contribution is 5.70. The molecule has 0 radical (unpaired) electrons. The Hall–Kier alpha value is -2.17. The third kappa shape index (κ3) is 2.18. The van der Waals surface area contributed by atoms with Crippen LogP contribution in [0, 0.1) is 13.8 Å². The standard InChI is InChI=1S/C12H14N4O/c1-7-6-9(4-5-10(7)17-3)11-12(13)14-8(2)15-16-11/h4-6H,1-3H3,(H2,13,14,15). The first-order valence-electron chi connectivity index (χ1n) is 5.23. The molecule has 0 saturated carbocycles. The van der Waals surface area contributed by atoms with E-state index in [-0.39, 0.29) is 0 Å². The maximum Gasteiger partial charge on any atom is 0.154 e. The molecule has 0 atom stereocenters. The van der Waals surface area contributed by atoms with Crippen molar-refractivity contribution in [3.8, 4) is 17.0 Å². The number of methoxy groups -OCH3 is 1. The first-order valence-corrected chi connectivity index (χ1v) is 5.23. The maximum absolute atomic E-state index is 5.83. The van der Waals surface area contributed by atoms with Gasteiger partial charge in [0.15, 0.2) is 5.82 Å². The van der Waals surface area contributed by atoms with Gasteiger partial charge in [-0.3, -0.25) is 0 Å². The van der Waals surface area contributed by atoms with Crippen LogP contribution in [0.2, 0.25) is 0 Å². The van der Waals surface area contributed by atoms with E-state index < -0.39 is 0 Å². The Labute approximate surface area is 99.7 Å². The van der Waals surface area contributed by atoms with Gasteiger partial charge in [-0.1, -0.05) is 0 Å². The van der Waals surface area contributed by atoms with Gasteiger partial charge >= 0.3 is 0 Å². The zero-order valence-corrected chi connectivity index (χ0v) is 10.1. The Morgan fingerprint density at radius 3 is 2.53 bits per heavy atom. The van der Waals surface area contributed by atoms with Crippen LogP contribution in [0.3, 0.4) is 0 Å². The third-order valence-electron chi connectivity index (χ3n) is 2.49. The normalized spacial score (nSPS) is 10.3. The Kier molecular flexibility index (Phi) is 2.91. The molecular weight excluding hydrogens is 216 g/mol. The molecule has 0 unspecified atom stereocenters. The Bertz CT molecular complexity index is 554. The molecule has 2 rings (SSSR count). The van der Waals surface area contributed by atoms with Gasteiger partial charge in [-0.15, -0.1) is 10.2 Å². The molecule has 0 fully saturated rings. The number of hydrogen-bond acceptors (Lipinski definition) is 5. The van der Waals surface area contributed by atoms with Crippen molar-refractivity contribution in [1.29, 1.82) is 0 Å². The Morgan fingerprint density at radius 2 is 1.94 bits per heavy atom. The van der Waals surface area contributed by atoms with Crippen molar-refractivity contribution in [3.05, 3.63) is 29.6 Å². The summed E-state index contributed by atoms with van der Waals surface area (Å²) >= 11 is 0. The van der Waals surface area contributed by atoms with E-state index in [0.29, 0.717) is 17.3 Å². The summed E-state index contributed by atoms with van der Waals surface area (Å²) in [7, 11) is 1.64. The molecule has 1 heterocycles. The number of rotatable bonds is 2. The number of ether oxygens (including phenoxy) is 1. The van der Waals surface area contributed by atoms with E-state index in [2.05, 4.69) is 15.2 Å². The number of nitrogens with two attached hydrogens (primary N) is 1. The highest BCUT2D eigenvalue weighted by atomic mass is 16.5. The van der Waals surface area contributed by atoms with Crippen LogP contribution < -0.4 is 10.5 Å². The quantitative estimate of drug-likeness (QED) is 0.850. The average molecular weight is 230 g/mol. The van der Waals surface area contributed by atoms with Crippen LogP contribution in [0.1, 0.15) is 11.4 Å². The first-order chi connectivity index (χ1) is 8.11. The lowest BCUT2D eigenvalue weighted by atomic mass is 10.1. The molecule has 0 aliphatic heterocycles. The lowest BCUT2D eigenvalue weighted by molar-refractivity contribution is 0.412. The largest absolute Gasteiger partial charge is 0.496 e. The van der Waals surface area contributed by atoms with Crippen LogP contribution in [0.5, 0.6) is 5.75 Å². The van der Waals surface area contributed by atoms with Crippen molar-refractivity contribution in [2.75, 3.05) is 12.8 Å². The van der Waals surface area contributed by atoms with Crippen LogP contribution in [0.25, 0.3) is 11.3 Å². The zero-order chi connectivity index (χ0) is 12.4. The zero-order valence-electron chi connectivity index (χ0n) is 10.1. The lowest BCUT2D eigenvalue weighted by Crippen LogP contribution is -2.02. The molecule has 0 spiro atoms. The Morgan fingerprint density at radius 1 is 1.18 bits per heavy atom. The summed E-state index contributed by atoms with van der Waals surface area (Å²) < 4.78 is 5.20. The van der Waals surface area contributed by atoms with E-state index in [9.17, 15) is 0 Å². The van der Waals surface area contributed by atoms with Gasteiger partial charge in [-0.2, -0.15) is 0 Å². The van der Waals surface area contributed by atoms with Gasteiger partial charge in [0.25, 0.3) is 0 Å². The molecule has 17 heavy (non-hydrogen) atoms. The fraction of sp³-hybridized carbons (Fsp3) is 0.250. The summed E-state index contributed by atoms with van der Waals surface area (Å²) in [5, 5.41) is 7.98. The number of aromatic nitrogens is 3. The van der Waals surface area contributed by atoms with Crippen molar-refractivity contribution < 1.29 is 4.74 Å². The minimum absolute atomic E-state index is 0.391. The molecule has 2 N–H and O–H groups in total. The molecule has 5 nitrogen and oxygen atoms in total. The maximum atomic E-state index is 5.83. The summed E-state index contributed by atoms with van der Waals surface area (Å²) in [6.45, 7) is 3.72. The minimum Gasteiger partial charge on any atom is -0.496 e. The number of benzene rings is 1. The number of nitrogen functional groups attached to an aromatic ring is 1. The smallest absolute Gasteiger partial charge is 0.154 e. The number of hydrogen-bond donors (Lipinski definition) is 1. The monoisotopic (exact) mass is 230 g/mol. The first kappa shape index (κ1) is 11.3. The Balaban J connectivity index is 2.50. The molecule has 1 aromatic heterocycles. The summed E-state index contributed by atoms with van der Waals surface area (Å²) in [6, 6.07) is 5.73. The second-order valence-corrected chi connectivity index (χ2v) is 3.78. The second-order valence-electron chi connectivity index (χ2n) is 3.78. The van der Waals surface area contributed by atoms with Crippen LogP contribution >= 0.6 is 0 Å². The van der Waals surface area contributed by atoms with Gasteiger partial charge in [0.05, 0.1) is 7.11 Å². The van der Waals surface area contributed by atoms with Gasteiger partial charge in [-0.05, 0) is 37.6 Å². The van der Waals surface area contributed by atoms with E-state index in [4.69, 9.17) is 10.5 Å². The third-order valence-corrected chi connectivity index (χ3v) is 2.49. The van der Waals surface area contributed by atoms with Gasteiger partial charge in [0, 0.05) is 5.56 Å². The fourth-order valence-corrected chi connectivity index (χ4v) is 1.65. The molecule has 0 saturated heterocycles. The van der Waals surface area contributed by atoms with Gasteiger partial charge in [-0.25, -0.2) is 4.98 Å².